The highest BCUT2D eigenvalue weighted by Crippen LogP contribution is 2.29. The number of benzene rings is 1. The summed E-state index contributed by atoms with van der Waals surface area (Å²) < 4.78 is 39.5. The number of hydrogen-bond donors (Lipinski definition) is 1. The van der Waals surface area contributed by atoms with Crippen molar-refractivity contribution in [1.29, 1.82) is 0 Å². The Labute approximate surface area is 97.6 Å². The summed E-state index contributed by atoms with van der Waals surface area (Å²) in [6.07, 6.45) is -1.78. The van der Waals surface area contributed by atoms with E-state index in [4.69, 9.17) is 5.73 Å². The highest BCUT2D eigenvalue weighted by molar-refractivity contribution is 5.35. The molecule has 0 heterocycles. The lowest BCUT2D eigenvalue weighted by Gasteiger charge is -2.22. The van der Waals surface area contributed by atoms with Crippen molar-refractivity contribution in [3.05, 3.63) is 34.9 Å². The van der Waals surface area contributed by atoms with E-state index in [1.54, 1.807) is 12.1 Å². The third-order valence-corrected chi connectivity index (χ3v) is 2.97. The Morgan fingerprint density at radius 3 is 2.82 bits per heavy atom. The molecule has 5 heteroatoms. The van der Waals surface area contributed by atoms with Gasteiger partial charge in [0.1, 0.15) is 0 Å². The highest BCUT2D eigenvalue weighted by atomic mass is 19.4. The second-order valence-corrected chi connectivity index (χ2v) is 4.27. The molecule has 2 nitrogen and oxygen atoms in total. The summed E-state index contributed by atoms with van der Waals surface area (Å²) in [5.74, 6) is 0. The zero-order valence-electron chi connectivity index (χ0n) is 9.26. The van der Waals surface area contributed by atoms with Gasteiger partial charge in [0, 0.05) is 6.04 Å². The zero-order chi connectivity index (χ0) is 12.5. The predicted octanol–water partition coefficient (Wildman–Crippen LogP) is 3.06. The second-order valence-electron chi connectivity index (χ2n) is 4.27. The van der Waals surface area contributed by atoms with Crippen molar-refractivity contribution in [2.45, 2.75) is 38.3 Å². The number of hydrogen-bond acceptors (Lipinski definition) is 2. The molecule has 94 valence electrons. The lowest BCUT2D eigenvalue weighted by Crippen LogP contribution is -2.18. The van der Waals surface area contributed by atoms with Crippen LogP contribution in [0.15, 0.2) is 18.2 Å². The molecule has 17 heavy (non-hydrogen) atoms. The third-order valence-electron chi connectivity index (χ3n) is 2.97. The molecule has 0 unspecified atom stereocenters. The van der Waals surface area contributed by atoms with E-state index in [9.17, 15) is 13.2 Å². The average Bonchev–Trinajstić information content (AvgIpc) is 2.26. The number of nitrogens with two attached hydrogens (primary N) is 1. The molecule has 1 aromatic carbocycles. The molecule has 0 saturated carbocycles. The predicted molar refractivity (Wildman–Crippen MR) is 57.2 cm³/mol. The van der Waals surface area contributed by atoms with Crippen LogP contribution in [-0.4, -0.2) is 6.36 Å². The van der Waals surface area contributed by atoms with Crippen molar-refractivity contribution >= 4 is 0 Å². The molecule has 0 amide bonds. The minimum Gasteiger partial charge on any atom is -0.324 e. The van der Waals surface area contributed by atoms with Crippen LogP contribution in [0.4, 0.5) is 13.2 Å². The third kappa shape index (κ3) is 3.20. The maximum absolute atomic E-state index is 11.9. The lowest BCUT2D eigenvalue weighted by atomic mass is 9.87. The van der Waals surface area contributed by atoms with Crippen molar-refractivity contribution in [3.8, 4) is 0 Å². The summed E-state index contributed by atoms with van der Waals surface area (Å²) in [4.78, 5) is 0. The Hall–Kier alpha value is -1.07. The monoisotopic (exact) mass is 245 g/mol. The van der Waals surface area contributed by atoms with E-state index in [0.29, 0.717) is 5.56 Å². The summed E-state index contributed by atoms with van der Waals surface area (Å²) in [5, 5.41) is 0. The zero-order valence-corrected chi connectivity index (χ0v) is 9.26. The van der Waals surface area contributed by atoms with Crippen molar-refractivity contribution < 1.29 is 17.9 Å². The number of aryl methyl sites for hydroxylation is 1. The molecule has 0 aromatic heterocycles. The molecule has 2 rings (SSSR count). The minimum atomic E-state index is -4.58. The second kappa shape index (κ2) is 4.66. The van der Waals surface area contributed by atoms with Crippen LogP contribution in [0, 0.1) is 0 Å². The Morgan fingerprint density at radius 2 is 2.12 bits per heavy atom. The SMILES string of the molecule is N[C@@H]1CCCc2cc(COC(F)(F)F)ccc21. The molecular weight excluding hydrogens is 231 g/mol. The maximum Gasteiger partial charge on any atom is 0.522 e. The number of ether oxygens (including phenoxy) is 1. The Morgan fingerprint density at radius 1 is 1.35 bits per heavy atom. The van der Waals surface area contributed by atoms with E-state index in [0.717, 1.165) is 30.4 Å². The quantitative estimate of drug-likeness (QED) is 0.869. The standard InChI is InChI=1S/C12H14F3NO/c13-12(14,15)17-7-8-4-5-10-9(6-8)2-1-3-11(10)16/h4-6,11H,1-3,7,16H2/t11-/m1/s1. The fourth-order valence-corrected chi connectivity index (χ4v) is 2.16. The first-order valence-electron chi connectivity index (χ1n) is 5.54. The van der Waals surface area contributed by atoms with Gasteiger partial charge in [0.2, 0.25) is 0 Å². The van der Waals surface area contributed by atoms with Gasteiger partial charge in [-0.2, -0.15) is 0 Å². The summed E-state index contributed by atoms with van der Waals surface area (Å²) in [6, 6.07) is 5.24. The molecule has 1 aliphatic rings. The fraction of sp³-hybridized carbons (Fsp3) is 0.500. The summed E-state index contributed by atoms with van der Waals surface area (Å²) in [7, 11) is 0. The molecule has 0 fully saturated rings. The van der Waals surface area contributed by atoms with Crippen LogP contribution in [0.2, 0.25) is 0 Å². The van der Waals surface area contributed by atoms with Crippen molar-refractivity contribution in [2.75, 3.05) is 0 Å². The first-order chi connectivity index (χ1) is 7.96. The average molecular weight is 245 g/mol. The molecule has 0 spiro atoms. The van der Waals surface area contributed by atoms with Gasteiger partial charge in [-0.15, -0.1) is 13.2 Å². The van der Waals surface area contributed by atoms with Crippen LogP contribution in [0.1, 0.15) is 35.6 Å². The molecule has 0 radical (unpaired) electrons. The van der Waals surface area contributed by atoms with Crippen LogP contribution in [0.5, 0.6) is 0 Å². The summed E-state index contributed by atoms with van der Waals surface area (Å²) >= 11 is 0. The van der Waals surface area contributed by atoms with Gasteiger partial charge in [0.15, 0.2) is 0 Å². The van der Waals surface area contributed by atoms with E-state index in [2.05, 4.69) is 4.74 Å². The molecule has 1 aromatic rings. The number of rotatable bonds is 2. The van der Waals surface area contributed by atoms with Gasteiger partial charge in [0.25, 0.3) is 0 Å². The minimum absolute atomic E-state index is 0.0105. The molecule has 1 atom stereocenters. The first-order valence-corrected chi connectivity index (χ1v) is 5.54. The molecular formula is C12H14F3NO. The van der Waals surface area contributed by atoms with Gasteiger partial charge in [0.05, 0.1) is 6.61 Å². The molecule has 0 bridgehead atoms. The van der Waals surface area contributed by atoms with Gasteiger partial charge in [-0.25, -0.2) is 0 Å². The topological polar surface area (TPSA) is 35.2 Å². The van der Waals surface area contributed by atoms with Crippen LogP contribution >= 0.6 is 0 Å². The maximum atomic E-state index is 11.9. The molecule has 2 N–H and O–H groups in total. The van der Waals surface area contributed by atoms with Gasteiger partial charge in [-0.05, 0) is 36.0 Å². The highest BCUT2D eigenvalue weighted by Gasteiger charge is 2.29. The number of halogens is 3. The van der Waals surface area contributed by atoms with Crippen LogP contribution < -0.4 is 5.73 Å². The van der Waals surface area contributed by atoms with Gasteiger partial charge in [-0.3, -0.25) is 4.74 Å². The van der Waals surface area contributed by atoms with E-state index < -0.39 is 13.0 Å². The van der Waals surface area contributed by atoms with E-state index in [-0.39, 0.29) is 6.04 Å². The fourth-order valence-electron chi connectivity index (χ4n) is 2.16. The summed E-state index contributed by atoms with van der Waals surface area (Å²) in [5.41, 5.74) is 8.56. The largest absolute Gasteiger partial charge is 0.522 e. The normalized spacial score (nSPS) is 20.1. The lowest BCUT2D eigenvalue weighted by molar-refractivity contribution is -0.330. The van der Waals surface area contributed by atoms with E-state index in [1.165, 1.54) is 0 Å². The smallest absolute Gasteiger partial charge is 0.324 e. The van der Waals surface area contributed by atoms with Crippen molar-refractivity contribution in [1.82, 2.24) is 0 Å². The van der Waals surface area contributed by atoms with Crippen molar-refractivity contribution in [2.24, 2.45) is 5.73 Å². The number of fused-ring (bicyclic) bond motifs is 1. The molecule has 1 aliphatic carbocycles. The van der Waals surface area contributed by atoms with Crippen LogP contribution in [-0.2, 0) is 17.8 Å². The first kappa shape index (κ1) is 12.4. The van der Waals surface area contributed by atoms with E-state index in [1.807, 2.05) is 6.07 Å². The van der Waals surface area contributed by atoms with Gasteiger partial charge < -0.3 is 5.73 Å². The summed E-state index contributed by atoms with van der Waals surface area (Å²) in [6.45, 7) is -0.438. The molecule has 0 aliphatic heterocycles. The van der Waals surface area contributed by atoms with Gasteiger partial charge in [-0.1, -0.05) is 18.2 Å². The van der Waals surface area contributed by atoms with Crippen LogP contribution in [0.3, 0.4) is 0 Å². The Balaban J connectivity index is 2.11. The van der Waals surface area contributed by atoms with Crippen LogP contribution in [0.25, 0.3) is 0 Å². The molecule has 0 saturated heterocycles. The van der Waals surface area contributed by atoms with Crippen molar-refractivity contribution in [3.63, 3.8) is 0 Å². The van der Waals surface area contributed by atoms with E-state index >= 15 is 0 Å². The number of alkyl halides is 3. The Bertz CT molecular complexity index is 403. The Kier molecular flexibility index (Phi) is 3.40. The van der Waals surface area contributed by atoms with Gasteiger partial charge >= 0.3 is 6.36 Å².